The Labute approximate surface area is 105 Å². The smallest absolute Gasteiger partial charge is 0.254 e. The van der Waals surface area contributed by atoms with Crippen molar-refractivity contribution in [3.05, 3.63) is 0 Å². The minimum atomic E-state index is -1.14. The molecule has 17 heavy (non-hydrogen) atoms. The van der Waals surface area contributed by atoms with Crippen molar-refractivity contribution in [2.45, 2.75) is 64.9 Å². The predicted octanol–water partition coefficient (Wildman–Crippen LogP) is 2.58. The van der Waals surface area contributed by atoms with E-state index >= 15 is 0 Å². The van der Waals surface area contributed by atoms with Gasteiger partial charge in [-0.2, -0.15) is 0 Å². The molecular weight excluding hydrogens is 214 g/mol. The van der Waals surface area contributed by atoms with Crippen LogP contribution < -0.4 is 0 Å². The van der Waals surface area contributed by atoms with Gasteiger partial charge in [0.05, 0.1) is 0 Å². The van der Waals surface area contributed by atoms with Crippen LogP contribution in [0.25, 0.3) is 0 Å². The van der Waals surface area contributed by atoms with E-state index < -0.39 is 5.60 Å². The Morgan fingerprint density at radius 1 is 1.35 bits per heavy atom. The van der Waals surface area contributed by atoms with E-state index in [4.69, 9.17) is 0 Å². The molecule has 3 nitrogen and oxygen atoms in total. The van der Waals surface area contributed by atoms with Crippen LogP contribution in [0, 0.1) is 5.41 Å². The molecular formula is C14H27NO2. The zero-order chi connectivity index (χ0) is 13.1. The van der Waals surface area contributed by atoms with Gasteiger partial charge >= 0.3 is 0 Å². The molecule has 0 spiro atoms. The summed E-state index contributed by atoms with van der Waals surface area (Å²) in [5.41, 5.74) is -1.46. The lowest BCUT2D eigenvalue weighted by Crippen LogP contribution is -2.50. The zero-order valence-electron chi connectivity index (χ0n) is 11.8. The van der Waals surface area contributed by atoms with Crippen LogP contribution in [-0.2, 0) is 4.79 Å². The van der Waals surface area contributed by atoms with Crippen molar-refractivity contribution < 1.29 is 9.90 Å². The summed E-state index contributed by atoms with van der Waals surface area (Å²) in [5.74, 6) is -0.0991. The van der Waals surface area contributed by atoms with Gasteiger partial charge in [0.2, 0.25) is 0 Å². The Balaban J connectivity index is 2.59. The van der Waals surface area contributed by atoms with E-state index in [-0.39, 0.29) is 11.3 Å². The Hall–Kier alpha value is -0.570. The number of aliphatic hydroxyl groups is 1. The molecule has 0 bridgehead atoms. The molecule has 1 aliphatic rings. The van der Waals surface area contributed by atoms with Gasteiger partial charge in [-0.3, -0.25) is 4.79 Å². The van der Waals surface area contributed by atoms with Crippen LogP contribution in [-0.4, -0.2) is 35.1 Å². The highest BCUT2D eigenvalue weighted by atomic mass is 16.3. The van der Waals surface area contributed by atoms with Gasteiger partial charge in [0.15, 0.2) is 0 Å². The lowest BCUT2D eigenvalue weighted by molar-refractivity contribution is -0.154. The second-order valence-corrected chi connectivity index (χ2v) is 6.03. The average Bonchev–Trinajstić information content (AvgIpc) is 2.54. The molecule has 0 radical (unpaired) electrons. The minimum Gasteiger partial charge on any atom is -0.379 e. The summed E-state index contributed by atoms with van der Waals surface area (Å²) in [6, 6.07) is 0. The summed E-state index contributed by atoms with van der Waals surface area (Å²) in [5, 5.41) is 10.6. The van der Waals surface area contributed by atoms with E-state index in [0.717, 1.165) is 12.8 Å². The quantitative estimate of drug-likeness (QED) is 0.726. The van der Waals surface area contributed by atoms with Crippen LogP contribution in [0.1, 0.15) is 59.3 Å². The van der Waals surface area contributed by atoms with E-state index in [1.807, 2.05) is 13.8 Å². The lowest BCUT2D eigenvalue weighted by Gasteiger charge is -2.38. The molecule has 1 amide bonds. The number of nitrogens with zero attached hydrogens (tertiary/aromatic N) is 1. The number of rotatable bonds is 6. The van der Waals surface area contributed by atoms with Crippen molar-refractivity contribution in [2.24, 2.45) is 5.41 Å². The van der Waals surface area contributed by atoms with E-state index in [1.165, 1.54) is 19.3 Å². The molecule has 0 aromatic heterocycles. The minimum absolute atomic E-state index is 0.0991. The third-order valence-electron chi connectivity index (χ3n) is 4.28. The van der Waals surface area contributed by atoms with Gasteiger partial charge in [0.1, 0.15) is 5.60 Å². The lowest BCUT2D eigenvalue weighted by atomic mass is 9.70. The molecule has 1 fully saturated rings. The summed E-state index contributed by atoms with van der Waals surface area (Å²) in [7, 11) is 1.77. The summed E-state index contributed by atoms with van der Waals surface area (Å²) >= 11 is 0. The van der Waals surface area contributed by atoms with Gasteiger partial charge in [0.25, 0.3) is 5.91 Å². The fourth-order valence-corrected chi connectivity index (χ4v) is 2.68. The first kappa shape index (κ1) is 14.5. The number of hydrogen-bond acceptors (Lipinski definition) is 2. The number of likely N-dealkylation sites (N-methyl/N-ethyl adjacent to an activating group) is 1. The fourth-order valence-electron chi connectivity index (χ4n) is 2.68. The largest absolute Gasteiger partial charge is 0.379 e. The van der Waals surface area contributed by atoms with Gasteiger partial charge in [-0.25, -0.2) is 0 Å². The number of carbonyl (C=O) groups excluding carboxylic acids is 1. The first-order valence-electron chi connectivity index (χ1n) is 6.83. The summed E-state index contributed by atoms with van der Waals surface area (Å²) in [6.45, 7) is 6.91. The number of hydrogen-bond donors (Lipinski definition) is 1. The van der Waals surface area contributed by atoms with Crippen molar-refractivity contribution in [1.82, 2.24) is 4.90 Å². The maximum absolute atomic E-state index is 12.0. The van der Waals surface area contributed by atoms with E-state index in [1.54, 1.807) is 11.9 Å². The molecule has 1 aliphatic heterocycles. The highest BCUT2D eigenvalue weighted by Crippen LogP contribution is 2.42. The molecule has 100 valence electrons. The van der Waals surface area contributed by atoms with E-state index in [9.17, 15) is 9.90 Å². The van der Waals surface area contributed by atoms with Gasteiger partial charge in [-0.05, 0) is 6.42 Å². The maximum Gasteiger partial charge on any atom is 0.254 e. The standard InChI is InChI=1S/C14H27NO2/c1-5-6-7-8-9-13(2,3)14(17)10-11-15(4)12(14)16/h17H,5-11H2,1-4H3. The van der Waals surface area contributed by atoms with Crippen LogP contribution >= 0.6 is 0 Å². The topological polar surface area (TPSA) is 40.5 Å². The second kappa shape index (κ2) is 5.38. The Bertz CT molecular complexity index is 275. The van der Waals surface area contributed by atoms with Crippen LogP contribution in [0.2, 0.25) is 0 Å². The molecule has 1 rings (SSSR count). The van der Waals surface area contributed by atoms with Gasteiger partial charge in [-0.15, -0.1) is 0 Å². The Morgan fingerprint density at radius 2 is 2.00 bits per heavy atom. The molecule has 0 aromatic rings. The third-order valence-corrected chi connectivity index (χ3v) is 4.28. The monoisotopic (exact) mass is 241 g/mol. The van der Waals surface area contributed by atoms with Crippen LogP contribution in [0.5, 0.6) is 0 Å². The highest BCUT2D eigenvalue weighted by Gasteiger charge is 2.53. The van der Waals surface area contributed by atoms with Crippen molar-refractivity contribution in [2.75, 3.05) is 13.6 Å². The van der Waals surface area contributed by atoms with Crippen LogP contribution in [0.15, 0.2) is 0 Å². The number of unbranched alkanes of at least 4 members (excludes halogenated alkanes) is 3. The molecule has 3 heteroatoms. The van der Waals surface area contributed by atoms with Crippen molar-refractivity contribution in [3.63, 3.8) is 0 Å². The predicted molar refractivity (Wildman–Crippen MR) is 69.7 cm³/mol. The van der Waals surface area contributed by atoms with Gasteiger partial charge in [0, 0.05) is 25.4 Å². The van der Waals surface area contributed by atoms with Gasteiger partial charge < -0.3 is 10.0 Å². The normalized spacial score (nSPS) is 25.7. The first-order chi connectivity index (χ1) is 7.85. The fraction of sp³-hybridized carbons (Fsp3) is 0.929. The molecule has 1 unspecified atom stereocenters. The summed E-state index contributed by atoms with van der Waals surface area (Å²) in [4.78, 5) is 13.7. The van der Waals surface area contributed by atoms with Crippen LogP contribution in [0.3, 0.4) is 0 Å². The maximum atomic E-state index is 12.0. The highest BCUT2D eigenvalue weighted by molar-refractivity contribution is 5.87. The van der Waals surface area contributed by atoms with Crippen LogP contribution in [0.4, 0.5) is 0 Å². The SMILES string of the molecule is CCCCCCC(C)(C)C1(O)CCN(C)C1=O. The van der Waals surface area contributed by atoms with Crippen molar-refractivity contribution >= 4 is 5.91 Å². The average molecular weight is 241 g/mol. The number of amides is 1. The molecule has 1 N–H and O–H groups in total. The van der Waals surface area contributed by atoms with E-state index in [0.29, 0.717) is 13.0 Å². The third kappa shape index (κ3) is 2.82. The van der Waals surface area contributed by atoms with Gasteiger partial charge in [-0.1, -0.05) is 46.5 Å². The molecule has 1 saturated heterocycles. The Morgan fingerprint density at radius 3 is 2.47 bits per heavy atom. The molecule has 0 aliphatic carbocycles. The second-order valence-electron chi connectivity index (χ2n) is 6.03. The molecule has 1 heterocycles. The summed E-state index contributed by atoms with van der Waals surface area (Å²) in [6.07, 6.45) is 6.24. The Kier molecular flexibility index (Phi) is 4.59. The molecule has 1 atom stereocenters. The first-order valence-corrected chi connectivity index (χ1v) is 6.83. The summed E-state index contributed by atoms with van der Waals surface area (Å²) < 4.78 is 0. The molecule has 0 aromatic carbocycles. The van der Waals surface area contributed by atoms with Crippen molar-refractivity contribution in [1.29, 1.82) is 0 Å². The van der Waals surface area contributed by atoms with Crippen molar-refractivity contribution in [3.8, 4) is 0 Å². The number of carbonyl (C=O) groups is 1. The molecule has 0 saturated carbocycles. The van der Waals surface area contributed by atoms with E-state index in [2.05, 4.69) is 6.92 Å². The number of likely N-dealkylation sites (tertiary alicyclic amines) is 1. The zero-order valence-corrected chi connectivity index (χ0v) is 11.8.